The Kier molecular flexibility index (Phi) is 4.57. The molecule has 5 heteroatoms. The summed E-state index contributed by atoms with van der Waals surface area (Å²) >= 11 is 0. The van der Waals surface area contributed by atoms with Crippen molar-refractivity contribution < 1.29 is 0 Å². The van der Waals surface area contributed by atoms with E-state index in [2.05, 4.69) is 71.8 Å². The molecule has 0 bridgehead atoms. The van der Waals surface area contributed by atoms with Crippen molar-refractivity contribution in [2.75, 3.05) is 0 Å². The third-order valence-electron chi connectivity index (χ3n) is 3.89. The zero-order chi connectivity index (χ0) is 16.2. The van der Waals surface area contributed by atoms with Gasteiger partial charge < -0.3 is 5.32 Å². The molecule has 1 unspecified atom stereocenters. The zero-order valence-electron chi connectivity index (χ0n) is 13.9. The van der Waals surface area contributed by atoms with Crippen LogP contribution < -0.4 is 5.32 Å². The Morgan fingerprint density at radius 2 is 2.09 bits per heavy atom. The third kappa shape index (κ3) is 3.87. The summed E-state index contributed by atoms with van der Waals surface area (Å²) in [4.78, 5) is 0. The molecule has 5 nitrogen and oxygen atoms in total. The summed E-state index contributed by atoms with van der Waals surface area (Å²) < 4.78 is 1.98. The summed E-state index contributed by atoms with van der Waals surface area (Å²) in [5, 5.41) is 15.2. The maximum absolute atomic E-state index is 4.33. The van der Waals surface area contributed by atoms with E-state index in [4.69, 9.17) is 0 Å². The van der Waals surface area contributed by atoms with Crippen LogP contribution in [0.1, 0.15) is 23.6 Å². The van der Waals surface area contributed by atoms with Crippen molar-refractivity contribution in [1.29, 1.82) is 0 Å². The maximum Gasteiger partial charge on any atom is 0.0695 e. The Morgan fingerprint density at radius 1 is 1.22 bits per heavy atom. The maximum atomic E-state index is 4.33. The molecule has 1 atom stereocenters. The van der Waals surface area contributed by atoms with Crippen LogP contribution in [0.5, 0.6) is 0 Å². The molecule has 0 aliphatic carbocycles. The van der Waals surface area contributed by atoms with Gasteiger partial charge in [0.15, 0.2) is 0 Å². The molecular formula is C18H23N5. The average Bonchev–Trinajstić information content (AvgIpc) is 3.14. The molecule has 0 saturated carbocycles. The van der Waals surface area contributed by atoms with E-state index >= 15 is 0 Å². The van der Waals surface area contributed by atoms with Gasteiger partial charge in [-0.1, -0.05) is 23.8 Å². The lowest BCUT2D eigenvalue weighted by Crippen LogP contribution is -2.30. The van der Waals surface area contributed by atoms with Gasteiger partial charge >= 0.3 is 0 Å². The number of rotatable bonds is 6. The number of aromatic amines is 1. The number of aromatic nitrogens is 4. The van der Waals surface area contributed by atoms with E-state index in [1.54, 1.807) is 0 Å². The van der Waals surface area contributed by atoms with Gasteiger partial charge in [-0.05, 0) is 32.4 Å². The molecule has 1 aromatic carbocycles. The van der Waals surface area contributed by atoms with Gasteiger partial charge in [-0.25, -0.2) is 0 Å². The topological polar surface area (TPSA) is 58.5 Å². The van der Waals surface area contributed by atoms with Gasteiger partial charge in [0.25, 0.3) is 0 Å². The van der Waals surface area contributed by atoms with Crippen molar-refractivity contribution in [3.8, 4) is 11.3 Å². The molecule has 0 amide bonds. The fraction of sp³-hybridized carbons (Fsp3) is 0.333. The average molecular weight is 309 g/mol. The minimum absolute atomic E-state index is 0.328. The molecule has 2 N–H and O–H groups in total. The van der Waals surface area contributed by atoms with Crippen molar-refractivity contribution in [2.24, 2.45) is 0 Å². The van der Waals surface area contributed by atoms with E-state index in [0.717, 1.165) is 18.8 Å². The van der Waals surface area contributed by atoms with Crippen molar-refractivity contribution in [3.63, 3.8) is 0 Å². The number of nitrogens with zero attached hydrogens (tertiary/aromatic N) is 3. The molecule has 0 radical (unpaired) electrons. The number of aryl methyl sites for hydroxylation is 2. The number of benzene rings is 1. The Morgan fingerprint density at radius 3 is 2.83 bits per heavy atom. The quantitative estimate of drug-likeness (QED) is 0.736. The monoisotopic (exact) mass is 309 g/mol. The lowest BCUT2D eigenvalue weighted by Gasteiger charge is -2.14. The highest BCUT2D eigenvalue weighted by Gasteiger charge is 2.10. The van der Waals surface area contributed by atoms with Crippen molar-refractivity contribution in [1.82, 2.24) is 25.3 Å². The Balaban J connectivity index is 1.64. The first-order valence-corrected chi connectivity index (χ1v) is 7.93. The van der Waals surface area contributed by atoms with Crippen molar-refractivity contribution in [3.05, 3.63) is 59.5 Å². The van der Waals surface area contributed by atoms with Gasteiger partial charge in [0.2, 0.25) is 0 Å². The van der Waals surface area contributed by atoms with E-state index in [1.165, 1.54) is 22.3 Å². The molecule has 0 aliphatic heterocycles. The Labute approximate surface area is 136 Å². The zero-order valence-corrected chi connectivity index (χ0v) is 13.9. The van der Waals surface area contributed by atoms with Gasteiger partial charge in [0.05, 0.1) is 24.6 Å². The lowest BCUT2D eigenvalue weighted by molar-refractivity contribution is 0.451. The molecule has 0 spiro atoms. The molecule has 0 saturated heterocycles. The van der Waals surface area contributed by atoms with E-state index in [0.29, 0.717) is 6.04 Å². The van der Waals surface area contributed by atoms with Gasteiger partial charge in [0, 0.05) is 29.9 Å². The summed E-state index contributed by atoms with van der Waals surface area (Å²) in [5.74, 6) is 0. The van der Waals surface area contributed by atoms with Crippen LogP contribution in [0.4, 0.5) is 0 Å². The minimum atomic E-state index is 0.328. The van der Waals surface area contributed by atoms with E-state index in [1.807, 2.05) is 17.1 Å². The highest BCUT2D eigenvalue weighted by molar-refractivity contribution is 5.63. The second-order valence-electron chi connectivity index (χ2n) is 6.16. The highest BCUT2D eigenvalue weighted by Crippen LogP contribution is 2.21. The normalized spacial score (nSPS) is 12.5. The Hall–Kier alpha value is -2.40. The molecule has 0 fully saturated rings. The number of H-pyrrole nitrogens is 1. The summed E-state index contributed by atoms with van der Waals surface area (Å²) in [6, 6.07) is 8.79. The van der Waals surface area contributed by atoms with Crippen LogP contribution in [0.25, 0.3) is 11.3 Å². The minimum Gasteiger partial charge on any atom is -0.308 e. The fourth-order valence-corrected chi connectivity index (χ4v) is 2.69. The largest absolute Gasteiger partial charge is 0.308 e. The summed E-state index contributed by atoms with van der Waals surface area (Å²) in [6.07, 6.45) is 5.85. The predicted octanol–water partition coefficient (Wildman–Crippen LogP) is 3.07. The SMILES string of the molecule is Cc1cccc(-c2[nH]ncc2CNC(C)Cn2cc(C)cn2)c1. The van der Waals surface area contributed by atoms with Crippen LogP contribution in [0, 0.1) is 13.8 Å². The van der Waals surface area contributed by atoms with Crippen LogP contribution in [0.3, 0.4) is 0 Å². The first-order chi connectivity index (χ1) is 11.1. The lowest BCUT2D eigenvalue weighted by atomic mass is 10.1. The van der Waals surface area contributed by atoms with Gasteiger partial charge in [0.1, 0.15) is 0 Å². The smallest absolute Gasteiger partial charge is 0.0695 e. The number of hydrogen-bond acceptors (Lipinski definition) is 3. The van der Waals surface area contributed by atoms with Crippen LogP contribution in [-0.4, -0.2) is 26.0 Å². The van der Waals surface area contributed by atoms with E-state index in [9.17, 15) is 0 Å². The van der Waals surface area contributed by atoms with Crippen LogP contribution in [-0.2, 0) is 13.1 Å². The first-order valence-electron chi connectivity index (χ1n) is 7.93. The molecule has 3 aromatic rings. The second-order valence-corrected chi connectivity index (χ2v) is 6.16. The fourth-order valence-electron chi connectivity index (χ4n) is 2.69. The van der Waals surface area contributed by atoms with Gasteiger partial charge in [-0.3, -0.25) is 9.78 Å². The summed E-state index contributed by atoms with van der Waals surface area (Å²) in [7, 11) is 0. The second kappa shape index (κ2) is 6.79. The molecular weight excluding hydrogens is 286 g/mol. The standard InChI is InChI=1S/C18H23N5/c1-13-5-4-6-16(7-13)18-17(10-20-22-18)9-19-15(3)12-23-11-14(2)8-21-23/h4-8,10-11,15,19H,9,12H2,1-3H3,(H,20,22). The van der Waals surface area contributed by atoms with E-state index in [-0.39, 0.29) is 0 Å². The van der Waals surface area contributed by atoms with Crippen molar-refractivity contribution in [2.45, 2.75) is 39.9 Å². The van der Waals surface area contributed by atoms with Crippen molar-refractivity contribution >= 4 is 0 Å². The predicted molar refractivity (Wildman–Crippen MR) is 92.0 cm³/mol. The highest BCUT2D eigenvalue weighted by atomic mass is 15.3. The molecule has 2 aromatic heterocycles. The van der Waals surface area contributed by atoms with Crippen LogP contribution in [0.2, 0.25) is 0 Å². The molecule has 120 valence electrons. The number of hydrogen-bond donors (Lipinski definition) is 2. The molecule has 2 heterocycles. The summed E-state index contributed by atoms with van der Waals surface area (Å²) in [6.45, 7) is 7.96. The van der Waals surface area contributed by atoms with Crippen LogP contribution >= 0.6 is 0 Å². The molecule has 23 heavy (non-hydrogen) atoms. The summed E-state index contributed by atoms with van der Waals surface area (Å²) in [5.41, 5.74) is 5.88. The molecule has 0 aliphatic rings. The molecule has 3 rings (SSSR count). The van der Waals surface area contributed by atoms with E-state index < -0.39 is 0 Å². The van der Waals surface area contributed by atoms with Crippen LogP contribution in [0.15, 0.2) is 42.9 Å². The first kappa shape index (κ1) is 15.5. The third-order valence-corrected chi connectivity index (χ3v) is 3.89. The number of nitrogens with one attached hydrogen (secondary N) is 2. The van der Waals surface area contributed by atoms with Gasteiger partial charge in [-0.15, -0.1) is 0 Å². The Bertz CT molecular complexity index is 771. The van der Waals surface area contributed by atoms with Gasteiger partial charge in [-0.2, -0.15) is 10.2 Å².